The fourth-order valence-corrected chi connectivity index (χ4v) is 5.33. The smallest absolute Gasteiger partial charge is 0.0741 e. The van der Waals surface area contributed by atoms with Crippen molar-refractivity contribution in [2.45, 2.75) is 50.5 Å². The van der Waals surface area contributed by atoms with Gasteiger partial charge in [-0.15, -0.1) is 0 Å². The molecule has 5 atom stereocenters. The molecule has 1 heteroatoms. The first-order valence-corrected chi connectivity index (χ1v) is 6.52. The summed E-state index contributed by atoms with van der Waals surface area (Å²) < 4.78 is 0. The van der Waals surface area contributed by atoms with Gasteiger partial charge in [0.2, 0.25) is 0 Å². The van der Waals surface area contributed by atoms with Gasteiger partial charge in [-0.25, -0.2) is 0 Å². The summed E-state index contributed by atoms with van der Waals surface area (Å²) in [6.07, 6.45) is 9.76. The van der Waals surface area contributed by atoms with Gasteiger partial charge in [-0.05, 0) is 61.7 Å². The highest BCUT2D eigenvalue weighted by Crippen LogP contribution is 2.69. The lowest BCUT2D eigenvalue weighted by molar-refractivity contribution is 0.0169. The summed E-state index contributed by atoms with van der Waals surface area (Å²) >= 11 is 0. The van der Waals surface area contributed by atoms with Gasteiger partial charge < -0.3 is 5.11 Å². The molecular weight excluding hydrogens is 172 g/mol. The molecule has 1 nitrogen and oxygen atoms in total. The molecule has 4 aliphatic carbocycles. The van der Waals surface area contributed by atoms with E-state index < -0.39 is 0 Å². The highest BCUT2D eigenvalue weighted by atomic mass is 16.3. The molecule has 0 spiro atoms. The minimum Gasteiger partial charge on any atom is -0.389 e. The van der Waals surface area contributed by atoms with Crippen LogP contribution in [0.4, 0.5) is 0 Å². The van der Waals surface area contributed by atoms with Crippen molar-refractivity contribution in [3.05, 3.63) is 0 Å². The van der Waals surface area contributed by atoms with Gasteiger partial charge in [-0.1, -0.05) is 12.8 Å². The minimum atomic E-state index is -0.155. The Morgan fingerprint density at radius 1 is 0.857 bits per heavy atom. The molecule has 14 heavy (non-hydrogen) atoms. The molecule has 0 aliphatic heterocycles. The van der Waals surface area contributed by atoms with E-state index in [0.29, 0.717) is 0 Å². The highest BCUT2D eigenvalue weighted by Gasteiger charge is 2.70. The Morgan fingerprint density at radius 3 is 2.21 bits per heavy atom. The Bertz CT molecular complexity index is 262. The number of aliphatic hydroxyl groups is 1. The van der Waals surface area contributed by atoms with Crippen LogP contribution in [0.5, 0.6) is 0 Å². The molecule has 4 aliphatic rings. The molecule has 0 aromatic carbocycles. The summed E-state index contributed by atoms with van der Waals surface area (Å²) in [6.45, 7) is 0. The van der Waals surface area contributed by atoms with Gasteiger partial charge in [0.1, 0.15) is 0 Å². The van der Waals surface area contributed by atoms with Crippen LogP contribution in [0.1, 0.15) is 44.9 Å². The van der Waals surface area contributed by atoms with Crippen LogP contribution in [0.25, 0.3) is 0 Å². The maximum atomic E-state index is 10.7. The first-order chi connectivity index (χ1) is 6.80. The van der Waals surface area contributed by atoms with Crippen LogP contribution in [-0.4, -0.2) is 10.7 Å². The number of rotatable bonds is 1. The molecule has 0 radical (unpaired) electrons. The minimum absolute atomic E-state index is 0.155. The van der Waals surface area contributed by atoms with E-state index in [1.54, 1.807) is 0 Å². The molecular formula is C13H20O. The van der Waals surface area contributed by atoms with Crippen LogP contribution in [0.15, 0.2) is 0 Å². The van der Waals surface area contributed by atoms with Crippen molar-refractivity contribution in [1.82, 2.24) is 0 Å². The standard InChI is InChI=1S/C13H20O/c14-13(10-2-1-3-11(10)13)12-7-8-4-5-9(12)6-8/h8-12,14H,1-7H2. The molecule has 1 N–H and O–H groups in total. The monoisotopic (exact) mass is 192 g/mol. The third-order valence-corrected chi connectivity index (χ3v) is 5.93. The Hall–Kier alpha value is -0.0400. The third-order valence-electron chi connectivity index (χ3n) is 5.93. The topological polar surface area (TPSA) is 20.2 Å². The molecule has 0 heterocycles. The summed E-state index contributed by atoms with van der Waals surface area (Å²) in [6, 6.07) is 0. The second-order valence-corrected chi connectivity index (χ2v) is 6.31. The van der Waals surface area contributed by atoms with E-state index in [-0.39, 0.29) is 5.60 Å². The Morgan fingerprint density at radius 2 is 1.64 bits per heavy atom. The number of hydrogen-bond acceptors (Lipinski definition) is 1. The molecule has 2 bridgehead atoms. The maximum Gasteiger partial charge on any atom is 0.0741 e. The van der Waals surface area contributed by atoms with Gasteiger partial charge in [-0.2, -0.15) is 0 Å². The zero-order valence-electron chi connectivity index (χ0n) is 8.78. The Labute approximate surface area is 85.9 Å². The van der Waals surface area contributed by atoms with Gasteiger partial charge in [0.05, 0.1) is 5.60 Å². The zero-order valence-corrected chi connectivity index (χ0v) is 8.78. The highest BCUT2D eigenvalue weighted by molar-refractivity contribution is 5.20. The second-order valence-electron chi connectivity index (χ2n) is 6.31. The lowest BCUT2D eigenvalue weighted by Crippen LogP contribution is -2.31. The van der Waals surface area contributed by atoms with Crippen molar-refractivity contribution in [3.63, 3.8) is 0 Å². The second kappa shape index (κ2) is 2.37. The van der Waals surface area contributed by atoms with Crippen molar-refractivity contribution < 1.29 is 5.11 Å². The maximum absolute atomic E-state index is 10.7. The number of hydrogen-bond donors (Lipinski definition) is 1. The summed E-state index contributed by atoms with van der Waals surface area (Å²) in [5.41, 5.74) is -0.155. The predicted molar refractivity (Wildman–Crippen MR) is 54.7 cm³/mol. The number of fused-ring (bicyclic) bond motifs is 3. The first-order valence-electron chi connectivity index (χ1n) is 6.52. The lowest BCUT2D eigenvalue weighted by Gasteiger charge is -2.29. The van der Waals surface area contributed by atoms with E-state index in [2.05, 4.69) is 0 Å². The van der Waals surface area contributed by atoms with Crippen molar-refractivity contribution in [2.75, 3.05) is 0 Å². The van der Waals surface area contributed by atoms with Gasteiger partial charge in [0.15, 0.2) is 0 Å². The van der Waals surface area contributed by atoms with Crippen LogP contribution in [-0.2, 0) is 0 Å². The van der Waals surface area contributed by atoms with Crippen LogP contribution in [0.2, 0.25) is 0 Å². The van der Waals surface area contributed by atoms with Gasteiger partial charge in [0.25, 0.3) is 0 Å². The average Bonchev–Trinajstić information content (AvgIpc) is 2.80. The molecule has 5 unspecified atom stereocenters. The van der Waals surface area contributed by atoms with Crippen LogP contribution < -0.4 is 0 Å². The molecule has 4 fully saturated rings. The molecule has 78 valence electrons. The molecule has 4 saturated carbocycles. The largest absolute Gasteiger partial charge is 0.389 e. The van der Waals surface area contributed by atoms with Gasteiger partial charge in [-0.3, -0.25) is 0 Å². The van der Waals surface area contributed by atoms with Crippen molar-refractivity contribution in [3.8, 4) is 0 Å². The third kappa shape index (κ3) is 0.778. The van der Waals surface area contributed by atoms with E-state index in [4.69, 9.17) is 0 Å². The van der Waals surface area contributed by atoms with E-state index >= 15 is 0 Å². The molecule has 0 aromatic rings. The molecule has 0 saturated heterocycles. The van der Waals surface area contributed by atoms with Gasteiger partial charge in [0, 0.05) is 0 Å². The van der Waals surface area contributed by atoms with E-state index in [0.717, 1.165) is 29.6 Å². The predicted octanol–water partition coefficient (Wildman–Crippen LogP) is 2.58. The SMILES string of the molecule is OC1(C2CC3CCC2C3)C2CCCC21. The first kappa shape index (κ1) is 8.15. The van der Waals surface area contributed by atoms with Crippen molar-refractivity contribution in [1.29, 1.82) is 0 Å². The van der Waals surface area contributed by atoms with E-state index in [1.807, 2.05) is 0 Å². The lowest BCUT2D eigenvalue weighted by atomic mass is 9.80. The molecule has 0 amide bonds. The summed E-state index contributed by atoms with van der Waals surface area (Å²) in [5.74, 6) is 4.08. The van der Waals surface area contributed by atoms with Crippen LogP contribution >= 0.6 is 0 Å². The van der Waals surface area contributed by atoms with Crippen molar-refractivity contribution in [2.24, 2.45) is 29.6 Å². The van der Waals surface area contributed by atoms with Crippen LogP contribution in [0.3, 0.4) is 0 Å². The Kier molecular flexibility index (Phi) is 1.38. The van der Waals surface area contributed by atoms with Gasteiger partial charge >= 0.3 is 0 Å². The summed E-state index contributed by atoms with van der Waals surface area (Å²) in [5, 5.41) is 10.7. The van der Waals surface area contributed by atoms with E-state index in [9.17, 15) is 5.11 Å². The fourth-order valence-electron chi connectivity index (χ4n) is 5.33. The Balaban J connectivity index is 1.60. The zero-order chi connectivity index (χ0) is 9.34. The van der Waals surface area contributed by atoms with Crippen molar-refractivity contribution >= 4 is 0 Å². The van der Waals surface area contributed by atoms with E-state index in [1.165, 1.54) is 44.9 Å². The summed E-state index contributed by atoms with van der Waals surface area (Å²) in [4.78, 5) is 0. The van der Waals surface area contributed by atoms with Crippen LogP contribution in [0, 0.1) is 29.6 Å². The molecule has 4 rings (SSSR count). The fraction of sp³-hybridized carbons (Fsp3) is 1.00. The summed E-state index contributed by atoms with van der Waals surface area (Å²) in [7, 11) is 0. The quantitative estimate of drug-likeness (QED) is 0.677. The average molecular weight is 192 g/mol. The molecule has 0 aromatic heterocycles. The normalized spacial score (nSPS) is 64.5.